The van der Waals surface area contributed by atoms with E-state index < -0.39 is 53.6 Å². The quantitative estimate of drug-likeness (QED) is 0.384. The van der Waals surface area contributed by atoms with Crippen LogP contribution in [0.2, 0.25) is 0 Å². The van der Waals surface area contributed by atoms with E-state index in [4.69, 9.17) is 5.73 Å². The fourth-order valence-electron chi connectivity index (χ4n) is 3.65. The van der Waals surface area contributed by atoms with Crippen LogP contribution in [-0.2, 0) is 24.3 Å². The van der Waals surface area contributed by atoms with Gasteiger partial charge in [0.15, 0.2) is 0 Å². The molecule has 13 heteroatoms. The molecule has 1 fully saturated rings. The Kier molecular flexibility index (Phi) is 6.22. The molecule has 3 nitrogen and oxygen atoms in total. The molecule has 3 rings (SSSR count). The largest absolute Gasteiger partial charge is 0.416 e. The number of hydrogen-bond acceptors (Lipinski definition) is 3. The molecule has 1 aromatic carbocycles. The van der Waals surface area contributed by atoms with Crippen molar-refractivity contribution in [1.29, 1.82) is 0 Å². The van der Waals surface area contributed by atoms with Gasteiger partial charge in [0.05, 0.1) is 11.1 Å². The highest BCUT2D eigenvalue weighted by Gasteiger charge is 2.60. The summed E-state index contributed by atoms with van der Waals surface area (Å²) in [7, 11) is 0. The van der Waals surface area contributed by atoms with Crippen molar-refractivity contribution < 1.29 is 39.5 Å². The first-order valence-electron chi connectivity index (χ1n) is 9.05. The Balaban J connectivity index is 2.13. The number of benzene rings is 1. The molecule has 1 unspecified atom stereocenters. The highest BCUT2D eigenvalue weighted by Crippen LogP contribution is 2.50. The molecule has 0 aliphatic carbocycles. The van der Waals surface area contributed by atoms with Crippen molar-refractivity contribution >= 4 is 21.7 Å². The van der Waals surface area contributed by atoms with E-state index in [0.717, 1.165) is 0 Å². The maximum absolute atomic E-state index is 14.2. The van der Waals surface area contributed by atoms with Gasteiger partial charge in [-0.15, -0.1) is 0 Å². The summed E-state index contributed by atoms with van der Waals surface area (Å²) in [5.74, 6) is 0.0863. The second-order valence-corrected chi connectivity index (χ2v) is 8.12. The third-order valence-corrected chi connectivity index (χ3v) is 6.09. The van der Waals surface area contributed by atoms with E-state index in [2.05, 4.69) is 20.9 Å². The van der Waals surface area contributed by atoms with E-state index in [-0.39, 0.29) is 41.7 Å². The van der Waals surface area contributed by atoms with Gasteiger partial charge in [0, 0.05) is 19.6 Å². The van der Waals surface area contributed by atoms with Gasteiger partial charge in [-0.2, -0.15) is 39.5 Å². The number of nitrogens with two attached hydrogens (primary N) is 1. The Morgan fingerprint density at radius 1 is 0.938 bits per heavy atom. The molecule has 0 spiro atoms. The molecule has 1 saturated heterocycles. The number of pyridine rings is 1. The van der Waals surface area contributed by atoms with Gasteiger partial charge in [0.2, 0.25) is 0 Å². The molecular weight excluding hydrogens is 521 g/mol. The van der Waals surface area contributed by atoms with Gasteiger partial charge in [-0.1, -0.05) is 6.07 Å². The Bertz CT molecular complexity index is 969. The predicted molar refractivity (Wildman–Crippen MR) is 101 cm³/mol. The normalized spacial score (nSPS) is 20.2. The molecule has 0 amide bonds. The zero-order valence-corrected chi connectivity index (χ0v) is 17.6. The Labute approximate surface area is 184 Å². The second-order valence-electron chi connectivity index (χ2n) is 7.37. The summed E-state index contributed by atoms with van der Waals surface area (Å²) in [6.07, 6.45) is -16.4. The van der Waals surface area contributed by atoms with Crippen LogP contribution in [0.5, 0.6) is 0 Å². The molecule has 1 aliphatic heterocycles. The van der Waals surface area contributed by atoms with Crippen molar-refractivity contribution in [3.05, 3.63) is 57.2 Å². The molecule has 1 aliphatic rings. The Hall–Kier alpha value is -2.02. The number of rotatable bonds is 3. The van der Waals surface area contributed by atoms with Crippen molar-refractivity contribution in [3.8, 4) is 0 Å². The minimum Gasteiger partial charge on any atom is -0.355 e. The summed E-state index contributed by atoms with van der Waals surface area (Å²) in [6, 6.07) is 3.02. The van der Waals surface area contributed by atoms with E-state index in [9.17, 15) is 39.5 Å². The minimum atomic E-state index is -5.26. The van der Waals surface area contributed by atoms with Crippen molar-refractivity contribution in [3.63, 3.8) is 0 Å². The number of alkyl halides is 9. The fourth-order valence-corrected chi connectivity index (χ4v) is 4.12. The zero-order valence-electron chi connectivity index (χ0n) is 16.0. The standard InChI is InChI=1S/C19H15BrF9N3/c20-15-10(8-30)1-2-14(31-15)32-4-3-16(9-32,19(27,28)29)11-5-12(17(21,22)23)7-13(6-11)18(24,25)26/h1-2,5-7H,3-4,8-9,30H2. The van der Waals surface area contributed by atoms with Crippen LogP contribution in [0.4, 0.5) is 45.3 Å². The summed E-state index contributed by atoms with van der Waals surface area (Å²) >= 11 is 3.14. The highest BCUT2D eigenvalue weighted by atomic mass is 79.9. The Morgan fingerprint density at radius 2 is 1.50 bits per heavy atom. The number of aromatic nitrogens is 1. The van der Waals surface area contributed by atoms with Crippen molar-refractivity contribution in [2.45, 2.75) is 36.9 Å². The lowest BCUT2D eigenvalue weighted by molar-refractivity contribution is -0.185. The lowest BCUT2D eigenvalue weighted by atomic mass is 9.77. The summed E-state index contributed by atoms with van der Waals surface area (Å²) in [5.41, 5.74) is -1.54. The second kappa shape index (κ2) is 8.08. The molecule has 0 bridgehead atoms. The average molecular weight is 536 g/mol. The van der Waals surface area contributed by atoms with Crippen molar-refractivity contribution in [2.75, 3.05) is 18.0 Å². The van der Waals surface area contributed by atoms with Crippen molar-refractivity contribution in [2.24, 2.45) is 5.73 Å². The van der Waals surface area contributed by atoms with Crippen LogP contribution in [0.15, 0.2) is 34.9 Å². The summed E-state index contributed by atoms with van der Waals surface area (Å²) in [4.78, 5) is 5.29. The van der Waals surface area contributed by atoms with Crippen LogP contribution in [0, 0.1) is 0 Å². The van der Waals surface area contributed by atoms with Crippen LogP contribution in [0.3, 0.4) is 0 Å². The van der Waals surface area contributed by atoms with E-state index in [1.54, 1.807) is 0 Å². The lowest BCUT2D eigenvalue weighted by Crippen LogP contribution is -2.45. The molecule has 0 saturated carbocycles. The van der Waals surface area contributed by atoms with Crippen molar-refractivity contribution in [1.82, 2.24) is 4.98 Å². The van der Waals surface area contributed by atoms with Gasteiger partial charge >= 0.3 is 18.5 Å². The highest BCUT2D eigenvalue weighted by molar-refractivity contribution is 9.10. The van der Waals surface area contributed by atoms with Gasteiger partial charge in [-0.05, 0) is 57.7 Å². The van der Waals surface area contributed by atoms with E-state index >= 15 is 0 Å². The van der Waals surface area contributed by atoms with Gasteiger partial charge < -0.3 is 10.6 Å². The van der Waals surface area contributed by atoms with Crippen LogP contribution < -0.4 is 10.6 Å². The van der Waals surface area contributed by atoms with Gasteiger partial charge in [0.25, 0.3) is 0 Å². The average Bonchev–Trinajstić information content (AvgIpc) is 3.13. The molecule has 1 aromatic heterocycles. The van der Waals surface area contributed by atoms with E-state index in [1.807, 2.05) is 0 Å². The van der Waals surface area contributed by atoms with Crippen LogP contribution >= 0.6 is 15.9 Å². The Morgan fingerprint density at radius 3 is 1.94 bits per heavy atom. The van der Waals surface area contributed by atoms with E-state index in [1.165, 1.54) is 17.0 Å². The molecule has 2 N–H and O–H groups in total. The first kappa shape index (κ1) is 24.6. The van der Waals surface area contributed by atoms with Crippen LogP contribution in [0.25, 0.3) is 0 Å². The third kappa shape index (κ3) is 4.54. The minimum absolute atomic E-state index is 0.0863. The van der Waals surface area contributed by atoms with Crippen LogP contribution in [-0.4, -0.2) is 24.2 Å². The molecule has 176 valence electrons. The summed E-state index contributed by atoms with van der Waals surface area (Å²) < 4.78 is 122. The molecule has 2 heterocycles. The van der Waals surface area contributed by atoms with E-state index in [0.29, 0.717) is 5.56 Å². The maximum Gasteiger partial charge on any atom is 0.416 e. The summed E-state index contributed by atoms with van der Waals surface area (Å²) in [6.45, 7) is -1.07. The maximum atomic E-state index is 14.2. The van der Waals surface area contributed by atoms with Gasteiger partial charge in [-0.3, -0.25) is 0 Å². The molecule has 0 radical (unpaired) electrons. The predicted octanol–water partition coefficient (Wildman–Crippen LogP) is 6.05. The molecular formula is C19H15BrF9N3. The first-order chi connectivity index (χ1) is 14.6. The third-order valence-electron chi connectivity index (χ3n) is 5.41. The monoisotopic (exact) mass is 535 g/mol. The topological polar surface area (TPSA) is 42.1 Å². The lowest BCUT2D eigenvalue weighted by Gasteiger charge is -2.33. The summed E-state index contributed by atoms with van der Waals surface area (Å²) in [5, 5.41) is 0. The number of nitrogens with zero attached hydrogens (tertiary/aromatic N) is 2. The zero-order chi connectivity index (χ0) is 24.1. The smallest absolute Gasteiger partial charge is 0.355 e. The van der Waals surface area contributed by atoms with Gasteiger partial charge in [-0.25, -0.2) is 4.98 Å². The molecule has 1 atom stereocenters. The fraction of sp³-hybridized carbons (Fsp3) is 0.421. The van der Waals surface area contributed by atoms with Gasteiger partial charge in [0.1, 0.15) is 15.8 Å². The SMILES string of the molecule is NCc1ccc(N2CCC(c3cc(C(F)(F)F)cc(C(F)(F)F)c3)(C(F)(F)F)C2)nc1Br. The van der Waals surface area contributed by atoms with Crippen LogP contribution in [0.1, 0.15) is 28.7 Å². The number of halogens is 10. The number of anilines is 1. The molecule has 32 heavy (non-hydrogen) atoms. The first-order valence-corrected chi connectivity index (χ1v) is 9.85. The molecule has 2 aromatic rings. The number of hydrogen-bond donors (Lipinski definition) is 1.